The van der Waals surface area contributed by atoms with Crippen LogP contribution in [0.3, 0.4) is 0 Å². The molecule has 1 aliphatic rings. The topological polar surface area (TPSA) is 23.5 Å². The zero-order chi connectivity index (χ0) is 14.8. The zero-order valence-corrected chi connectivity index (χ0v) is 11.6. The number of benzene rings is 2. The first kappa shape index (κ1) is 14.0. The van der Waals surface area contributed by atoms with Crippen LogP contribution >= 0.6 is 0 Å². The van der Waals surface area contributed by atoms with Crippen LogP contribution in [0.2, 0.25) is 0 Å². The first-order valence-electron chi connectivity index (χ1n) is 7.11. The Hall–Kier alpha value is -1.94. The van der Waals surface area contributed by atoms with Crippen LogP contribution in [-0.4, -0.2) is 11.7 Å². The van der Waals surface area contributed by atoms with Crippen LogP contribution in [0.1, 0.15) is 30.1 Å². The SMILES string of the molecule is OC1CCCN(Cc2c(F)cccc2F)c2ccccc21. The third-order valence-corrected chi connectivity index (χ3v) is 3.95. The summed E-state index contributed by atoms with van der Waals surface area (Å²) in [5.41, 5.74) is 1.75. The van der Waals surface area contributed by atoms with E-state index >= 15 is 0 Å². The predicted octanol–water partition coefficient (Wildman–Crippen LogP) is 3.80. The van der Waals surface area contributed by atoms with E-state index in [0.717, 1.165) is 17.7 Å². The molecule has 0 aliphatic carbocycles. The van der Waals surface area contributed by atoms with Gasteiger partial charge >= 0.3 is 0 Å². The van der Waals surface area contributed by atoms with Crippen molar-refractivity contribution in [2.24, 2.45) is 0 Å². The maximum absolute atomic E-state index is 13.8. The lowest BCUT2D eigenvalue weighted by atomic mass is 10.0. The molecule has 2 nitrogen and oxygen atoms in total. The first-order valence-corrected chi connectivity index (χ1v) is 7.11. The van der Waals surface area contributed by atoms with E-state index < -0.39 is 17.7 Å². The van der Waals surface area contributed by atoms with Gasteiger partial charge in [0.05, 0.1) is 6.10 Å². The number of anilines is 1. The molecule has 21 heavy (non-hydrogen) atoms. The predicted molar refractivity (Wildman–Crippen MR) is 78.0 cm³/mol. The largest absolute Gasteiger partial charge is 0.388 e. The number of nitrogens with zero attached hydrogens (tertiary/aromatic N) is 1. The van der Waals surface area contributed by atoms with Crippen LogP contribution in [0.4, 0.5) is 14.5 Å². The fraction of sp³-hybridized carbons (Fsp3) is 0.294. The number of halogens is 2. The van der Waals surface area contributed by atoms with Gasteiger partial charge in [0.2, 0.25) is 0 Å². The molecule has 1 atom stereocenters. The van der Waals surface area contributed by atoms with Gasteiger partial charge in [-0.1, -0.05) is 24.3 Å². The number of fused-ring (bicyclic) bond motifs is 1. The molecular weight excluding hydrogens is 272 g/mol. The third kappa shape index (κ3) is 2.76. The number of aliphatic hydroxyl groups excluding tert-OH is 1. The highest BCUT2D eigenvalue weighted by Crippen LogP contribution is 2.33. The van der Waals surface area contributed by atoms with Gasteiger partial charge in [0.25, 0.3) is 0 Å². The molecule has 1 N–H and O–H groups in total. The van der Waals surface area contributed by atoms with E-state index in [1.165, 1.54) is 18.2 Å². The van der Waals surface area contributed by atoms with Crippen LogP contribution < -0.4 is 4.90 Å². The number of para-hydroxylation sites is 1. The van der Waals surface area contributed by atoms with Gasteiger partial charge in [0.15, 0.2) is 0 Å². The minimum atomic E-state index is -0.530. The van der Waals surface area contributed by atoms with Gasteiger partial charge in [0, 0.05) is 29.9 Å². The Bertz CT molecular complexity index is 624. The third-order valence-electron chi connectivity index (χ3n) is 3.95. The number of hydrogen-bond donors (Lipinski definition) is 1. The normalized spacial score (nSPS) is 18.2. The Balaban J connectivity index is 1.97. The van der Waals surface area contributed by atoms with Crippen LogP contribution in [0.15, 0.2) is 42.5 Å². The summed E-state index contributed by atoms with van der Waals surface area (Å²) in [6.45, 7) is 0.837. The average Bonchev–Trinajstić information content (AvgIpc) is 2.63. The van der Waals surface area contributed by atoms with Gasteiger partial charge in [-0.25, -0.2) is 8.78 Å². The molecule has 2 aromatic rings. The van der Waals surface area contributed by atoms with Crippen molar-refractivity contribution in [1.82, 2.24) is 0 Å². The van der Waals surface area contributed by atoms with E-state index in [9.17, 15) is 13.9 Å². The molecule has 0 spiro atoms. The summed E-state index contributed by atoms with van der Waals surface area (Å²) in [4.78, 5) is 1.94. The van der Waals surface area contributed by atoms with Gasteiger partial charge < -0.3 is 10.0 Å². The van der Waals surface area contributed by atoms with E-state index in [1.807, 2.05) is 29.2 Å². The summed E-state index contributed by atoms with van der Waals surface area (Å²) < 4.78 is 27.7. The maximum atomic E-state index is 13.8. The van der Waals surface area contributed by atoms with Crippen molar-refractivity contribution in [2.45, 2.75) is 25.5 Å². The molecule has 2 aromatic carbocycles. The van der Waals surface area contributed by atoms with E-state index in [4.69, 9.17) is 0 Å². The standard InChI is InChI=1S/C17H17F2NO/c18-14-6-3-7-15(19)13(14)11-20-10-4-9-17(21)12-5-1-2-8-16(12)20/h1-3,5-8,17,21H,4,9-11H2. The lowest BCUT2D eigenvalue weighted by molar-refractivity contribution is 0.168. The Morgan fingerprint density at radius 1 is 1.05 bits per heavy atom. The van der Waals surface area contributed by atoms with Crippen LogP contribution in [-0.2, 0) is 6.54 Å². The second kappa shape index (κ2) is 5.82. The van der Waals surface area contributed by atoms with Gasteiger partial charge in [-0.05, 0) is 31.0 Å². The number of rotatable bonds is 2. The Kier molecular flexibility index (Phi) is 3.88. The van der Waals surface area contributed by atoms with Crippen molar-refractivity contribution < 1.29 is 13.9 Å². The maximum Gasteiger partial charge on any atom is 0.131 e. The van der Waals surface area contributed by atoms with Crippen molar-refractivity contribution in [3.05, 3.63) is 65.2 Å². The second-order valence-electron chi connectivity index (χ2n) is 5.34. The minimum absolute atomic E-state index is 0.0729. The lowest BCUT2D eigenvalue weighted by Gasteiger charge is -2.25. The molecule has 0 bridgehead atoms. The molecular formula is C17H17F2NO. The van der Waals surface area contributed by atoms with Crippen LogP contribution in [0.25, 0.3) is 0 Å². The summed E-state index contributed by atoms with van der Waals surface area (Å²) >= 11 is 0. The highest BCUT2D eigenvalue weighted by Gasteiger charge is 2.22. The van der Waals surface area contributed by atoms with E-state index in [2.05, 4.69) is 0 Å². The highest BCUT2D eigenvalue weighted by molar-refractivity contribution is 5.55. The van der Waals surface area contributed by atoms with Crippen molar-refractivity contribution in [1.29, 1.82) is 0 Å². The Morgan fingerprint density at radius 2 is 1.76 bits per heavy atom. The summed E-state index contributed by atoms with van der Waals surface area (Å²) in [7, 11) is 0. The molecule has 0 saturated heterocycles. The zero-order valence-electron chi connectivity index (χ0n) is 11.6. The Labute approximate surface area is 122 Å². The monoisotopic (exact) mass is 289 g/mol. The van der Waals surface area contributed by atoms with Crippen molar-refractivity contribution in [3.8, 4) is 0 Å². The minimum Gasteiger partial charge on any atom is -0.388 e. The van der Waals surface area contributed by atoms with Crippen LogP contribution in [0.5, 0.6) is 0 Å². The molecule has 1 aliphatic heterocycles. The van der Waals surface area contributed by atoms with Crippen molar-refractivity contribution >= 4 is 5.69 Å². The first-order chi connectivity index (χ1) is 10.2. The van der Waals surface area contributed by atoms with Gasteiger partial charge in [-0.3, -0.25) is 0 Å². The van der Waals surface area contributed by atoms with E-state index in [0.29, 0.717) is 13.0 Å². The molecule has 0 radical (unpaired) electrons. The molecule has 0 fully saturated rings. The summed E-state index contributed by atoms with van der Waals surface area (Å²) in [6.07, 6.45) is 0.927. The highest BCUT2D eigenvalue weighted by atomic mass is 19.1. The molecule has 110 valence electrons. The van der Waals surface area contributed by atoms with Gasteiger partial charge in [-0.2, -0.15) is 0 Å². The summed E-state index contributed by atoms with van der Waals surface area (Å²) in [5, 5.41) is 10.2. The van der Waals surface area contributed by atoms with Crippen LogP contribution in [0, 0.1) is 11.6 Å². The van der Waals surface area contributed by atoms with Gasteiger partial charge in [0.1, 0.15) is 11.6 Å². The fourth-order valence-corrected chi connectivity index (χ4v) is 2.85. The summed E-state index contributed by atoms with van der Waals surface area (Å²) in [5.74, 6) is -1.06. The smallest absolute Gasteiger partial charge is 0.131 e. The number of hydrogen-bond acceptors (Lipinski definition) is 2. The molecule has 4 heteroatoms. The second-order valence-corrected chi connectivity index (χ2v) is 5.34. The van der Waals surface area contributed by atoms with E-state index in [-0.39, 0.29) is 12.1 Å². The van der Waals surface area contributed by atoms with Crippen molar-refractivity contribution in [2.75, 3.05) is 11.4 Å². The Morgan fingerprint density at radius 3 is 2.52 bits per heavy atom. The van der Waals surface area contributed by atoms with E-state index in [1.54, 1.807) is 0 Å². The van der Waals surface area contributed by atoms with Crippen molar-refractivity contribution in [3.63, 3.8) is 0 Å². The summed E-state index contributed by atoms with van der Waals surface area (Å²) in [6, 6.07) is 11.4. The molecule has 1 unspecified atom stereocenters. The molecule has 0 aromatic heterocycles. The quantitative estimate of drug-likeness (QED) is 0.909. The fourth-order valence-electron chi connectivity index (χ4n) is 2.85. The molecule has 3 rings (SSSR count). The number of aliphatic hydroxyl groups is 1. The molecule has 0 amide bonds. The average molecular weight is 289 g/mol. The van der Waals surface area contributed by atoms with Gasteiger partial charge in [-0.15, -0.1) is 0 Å². The molecule has 1 heterocycles. The molecule has 0 saturated carbocycles. The lowest BCUT2D eigenvalue weighted by Crippen LogP contribution is -2.24.